The van der Waals surface area contributed by atoms with E-state index in [2.05, 4.69) is 23.3 Å². The molecule has 1 aromatic rings. The third-order valence-corrected chi connectivity index (χ3v) is 4.55. The van der Waals surface area contributed by atoms with Crippen molar-refractivity contribution in [1.82, 2.24) is 10.2 Å². The number of ether oxygens (including phenoxy) is 2. The molecule has 0 saturated heterocycles. The van der Waals surface area contributed by atoms with Gasteiger partial charge in [0.05, 0.1) is 0 Å². The zero-order valence-electron chi connectivity index (χ0n) is 12.9. The van der Waals surface area contributed by atoms with E-state index in [0.29, 0.717) is 13.2 Å². The van der Waals surface area contributed by atoms with Crippen LogP contribution in [0, 0.1) is 0 Å². The van der Waals surface area contributed by atoms with Crippen molar-refractivity contribution in [2.24, 2.45) is 0 Å². The molecule has 0 bridgehead atoms. The first-order valence-corrected chi connectivity index (χ1v) is 8.13. The molecule has 0 radical (unpaired) electrons. The van der Waals surface area contributed by atoms with E-state index in [0.717, 1.165) is 37.2 Å². The maximum Gasteiger partial charge on any atom is 0.165 e. The first-order chi connectivity index (χ1) is 10.3. The van der Waals surface area contributed by atoms with Gasteiger partial charge >= 0.3 is 0 Å². The lowest BCUT2D eigenvalue weighted by atomic mass is 10.1. The van der Waals surface area contributed by atoms with Gasteiger partial charge < -0.3 is 19.7 Å². The Kier molecular flexibility index (Phi) is 4.99. The molecule has 2 aliphatic rings. The van der Waals surface area contributed by atoms with Gasteiger partial charge in [-0.25, -0.2) is 0 Å². The molecule has 0 spiro atoms. The van der Waals surface area contributed by atoms with Crippen molar-refractivity contribution in [2.75, 3.05) is 33.4 Å². The smallest absolute Gasteiger partial charge is 0.165 e. The minimum Gasteiger partial charge on any atom is -0.486 e. The van der Waals surface area contributed by atoms with E-state index in [1.54, 1.807) is 0 Å². The Labute approximate surface area is 127 Å². The summed E-state index contributed by atoms with van der Waals surface area (Å²) in [5, 5.41) is 3.53. The molecule has 0 aromatic heterocycles. The summed E-state index contributed by atoms with van der Waals surface area (Å²) in [4.78, 5) is 2.50. The second-order valence-corrected chi connectivity index (χ2v) is 6.04. The molecule has 1 N–H and O–H groups in total. The van der Waals surface area contributed by atoms with Crippen molar-refractivity contribution >= 4 is 0 Å². The molecule has 0 amide bonds. The largest absolute Gasteiger partial charge is 0.486 e. The average Bonchev–Trinajstić information content (AvgIpc) is 3.06. The summed E-state index contributed by atoms with van der Waals surface area (Å²) < 4.78 is 11.4. The van der Waals surface area contributed by atoms with Gasteiger partial charge in [-0.05, 0) is 26.0 Å². The molecule has 3 rings (SSSR count). The average molecular weight is 290 g/mol. The monoisotopic (exact) mass is 290 g/mol. The Balaban J connectivity index is 1.45. The fourth-order valence-electron chi connectivity index (χ4n) is 3.28. The third kappa shape index (κ3) is 3.69. The van der Waals surface area contributed by atoms with Gasteiger partial charge in [0, 0.05) is 31.2 Å². The van der Waals surface area contributed by atoms with Crippen LogP contribution in [-0.2, 0) is 6.54 Å². The Hall–Kier alpha value is -1.26. The van der Waals surface area contributed by atoms with Gasteiger partial charge in [-0.1, -0.05) is 25.0 Å². The van der Waals surface area contributed by atoms with Crippen LogP contribution in [0.3, 0.4) is 0 Å². The SMILES string of the molecule is CN(CCNCc1cccc2c1OCCO2)C1CCCC1. The van der Waals surface area contributed by atoms with Crippen molar-refractivity contribution < 1.29 is 9.47 Å². The van der Waals surface area contributed by atoms with Gasteiger partial charge in [0.15, 0.2) is 11.5 Å². The summed E-state index contributed by atoms with van der Waals surface area (Å²) in [5.74, 6) is 1.80. The van der Waals surface area contributed by atoms with Crippen LogP contribution in [0.2, 0.25) is 0 Å². The van der Waals surface area contributed by atoms with E-state index in [9.17, 15) is 0 Å². The number of rotatable bonds is 6. The number of hydrogen-bond donors (Lipinski definition) is 1. The molecular formula is C17H26N2O2. The van der Waals surface area contributed by atoms with E-state index in [-0.39, 0.29) is 0 Å². The maximum absolute atomic E-state index is 5.74. The minimum atomic E-state index is 0.647. The van der Waals surface area contributed by atoms with Gasteiger partial charge in [0.25, 0.3) is 0 Å². The fraction of sp³-hybridized carbons (Fsp3) is 0.647. The Morgan fingerprint density at radius 3 is 2.86 bits per heavy atom. The molecule has 1 aliphatic carbocycles. The van der Waals surface area contributed by atoms with Gasteiger partial charge in [-0.2, -0.15) is 0 Å². The lowest BCUT2D eigenvalue weighted by molar-refractivity contribution is 0.169. The quantitative estimate of drug-likeness (QED) is 0.816. The van der Waals surface area contributed by atoms with Crippen LogP contribution in [0.1, 0.15) is 31.2 Å². The number of fused-ring (bicyclic) bond motifs is 1. The molecular weight excluding hydrogens is 264 g/mol. The van der Waals surface area contributed by atoms with Crippen LogP contribution < -0.4 is 14.8 Å². The molecule has 4 heteroatoms. The molecule has 116 valence electrons. The molecule has 1 heterocycles. The fourth-order valence-corrected chi connectivity index (χ4v) is 3.28. The summed E-state index contributed by atoms with van der Waals surface area (Å²) >= 11 is 0. The summed E-state index contributed by atoms with van der Waals surface area (Å²) in [6.07, 6.45) is 5.54. The number of para-hydroxylation sites is 1. The molecule has 21 heavy (non-hydrogen) atoms. The lowest BCUT2D eigenvalue weighted by Crippen LogP contribution is -2.35. The second-order valence-electron chi connectivity index (χ2n) is 6.04. The standard InChI is InChI=1S/C17H26N2O2/c1-19(15-6-2-3-7-15)10-9-18-13-14-5-4-8-16-17(14)21-12-11-20-16/h4-5,8,15,18H,2-3,6-7,9-13H2,1H3. The first-order valence-electron chi connectivity index (χ1n) is 8.13. The normalized spacial score (nSPS) is 18.4. The van der Waals surface area contributed by atoms with E-state index < -0.39 is 0 Å². The molecule has 4 nitrogen and oxygen atoms in total. The van der Waals surface area contributed by atoms with Gasteiger partial charge in [-0.3, -0.25) is 0 Å². The summed E-state index contributed by atoms with van der Waals surface area (Å²) in [7, 11) is 2.25. The Morgan fingerprint density at radius 2 is 2.00 bits per heavy atom. The van der Waals surface area contributed by atoms with Crippen molar-refractivity contribution in [3.05, 3.63) is 23.8 Å². The highest BCUT2D eigenvalue weighted by Gasteiger charge is 2.19. The second kappa shape index (κ2) is 7.14. The van der Waals surface area contributed by atoms with Crippen LogP contribution in [0.4, 0.5) is 0 Å². The molecule has 1 fully saturated rings. The topological polar surface area (TPSA) is 33.7 Å². The van der Waals surface area contributed by atoms with Gasteiger partial charge in [0.1, 0.15) is 13.2 Å². The highest BCUT2D eigenvalue weighted by Crippen LogP contribution is 2.33. The Bertz CT molecular complexity index is 458. The first kappa shape index (κ1) is 14.7. The lowest BCUT2D eigenvalue weighted by Gasteiger charge is -2.24. The number of hydrogen-bond acceptors (Lipinski definition) is 4. The maximum atomic E-state index is 5.74. The molecule has 1 saturated carbocycles. The zero-order valence-corrected chi connectivity index (χ0v) is 12.9. The summed E-state index contributed by atoms with van der Waals surface area (Å²) in [6.45, 7) is 4.25. The van der Waals surface area contributed by atoms with Crippen molar-refractivity contribution in [1.29, 1.82) is 0 Å². The van der Waals surface area contributed by atoms with Crippen LogP contribution in [0.25, 0.3) is 0 Å². The van der Waals surface area contributed by atoms with E-state index >= 15 is 0 Å². The zero-order chi connectivity index (χ0) is 14.5. The molecule has 0 atom stereocenters. The highest BCUT2D eigenvalue weighted by atomic mass is 16.6. The predicted molar refractivity (Wildman–Crippen MR) is 84.0 cm³/mol. The molecule has 0 unspecified atom stereocenters. The Morgan fingerprint density at radius 1 is 1.19 bits per heavy atom. The molecule has 1 aromatic carbocycles. The number of likely N-dealkylation sites (N-methyl/N-ethyl adjacent to an activating group) is 1. The van der Waals surface area contributed by atoms with Crippen molar-refractivity contribution in [3.8, 4) is 11.5 Å². The van der Waals surface area contributed by atoms with E-state index in [4.69, 9.17) is 9.47 Å². The summed E-state index contributed by atoms with van der Waals surface area (Å²) in [6, 6.07) is 6.93. The van der Waals surface area contributed by atoms with Crippen LogP contribution in [0.15, 0.2) is 18.2 Å². The van der Waals surface area contributed by atoms with Gasteiger partial charge in [0.2, 0.25) is 0 Å². The van der Waals surface area contributed by atoms with Crippen molar-refractivity contribution in [3.63, 3.8) is 0 Å². The predicted octanol–water partition coefficient (Wildman–Crippen LogP) is 2.42. The van der Waals surface area contributed by atoms with Gasteiger partial charge in [-0.15, -0.1) is 0 Å². The summed E-state index contributed by atoms with van der Waals surface area (Å²) in [5.41, 5.74) is 1.19. The molecule has 1 aliphatic heterocycles. The van der Waals surface area contributed by atoms with Crippen LogP contribution in [-0.4, -0.2) is 44.3 Å². The van der Waals surface area contributed by atoms with Crippen LogP contribution >= 0.6 is 0 Å². The number of nitrogens with zero attached hydrogens (tertiary/aromatic N) is 1. The van der Waals surface area contributed by atoms with Crippen LogP contribution in [0.5, 0.6) is 11.5 Å². The van der Waals surface area contributed by atoms with Crippen molar-refractivity contribution in [2.45, 2.75) is 38.3 Å². The minimum absolute atomic E-state index is 0.647. The van der Waals surface area contributed by atoms with E-state index in [1.807, 2.05) is 12.1 Å². The number of nitrogens with one attached hydrogen (secondary N) is 1. The third-order valence-electron chi connectivity index (χ3n) is 4.55. The number of benzene rings is 1. The van der Waals surface area contributed by atoms with E-state index in [1.165, 1.54) is 31.2 Å². The highest BCUT2D eigenvalue weighted by molar-refractivity contribution is 5.47.